The Bertz CT molecular complexity index is 837. The van der Waals surface area contributed by atoms with Gasteiger partial charge in [0.2, 0.25) is 0 Å². The van der Waals surface area contributed by atoms with Crippen LogP contribution in [-0.2, 0) is 4.79 Å². The zero-order valence-electron chi connectivity index (χ0n) is 42.2. The van der Waals surface area contributed by atoms with Gasteiger partial charge in [-0.05, 0) is 38.5 Å². The van der Waals surface area contributed by atoms with Gasteiger partial charge in [0.1, 0.15) is 0 Å². The minimum Gasteiger partial charge on any atom is -0.481 e. The lowest BCUT2D eigenvalue weighted by Crippen LogP contribution is -2.28. The maximum atomic E-state index is 11.9. The van der Waals surface area contributed by atoms with E-state index in [2.05, 4.69) is 26.0 Å². The lowest BCUT2D eigenvalue weighted by atomic mass is 9.91. The van der Waals surface area contributed by atoms with Crippen molar-refractivity contribution in [2.24, 2.45) is 5.92 Å². The Balaban J connectivity index is 3.41. The number of carboxylic acid groups (broad SMARTS) is 1. The highest BCUT2D eigenvalue weighted by Crippen LogP contribution is 2.22. The van der Waals surface area contributed by atoms with E-state index in [0.717, 1.165) is 25.7 Å². The summed E-state index contributed by atoms with van der Waals surface area (Å²) in [4.78, 5) is 11.9. The summed E-state index contributed by atoms with van der Waals surface area (Å²) in [6.45, 7) is 4.60. The fourth-order valence-corrected chi connectivity index (χ4v) is 9.55. The minimum atomic E-state index is -0.804. The lowest BCUT2D eigenvalue weighted by Gasteiger charge is -2.19. The molecule has 0 rings (SSSR count). The number of aliphatic carboxylic acids is 1. The number of rotatable bonds is 54. The van der Waals surface area contributed by atoms with Crippen molar-refractivity contribution in [3.8, 4) is 0 Å². The predicted molar refractivity (Wildman–Crippen MR) is 273 cm³/mol. The molecule has 0 aliphatic heterocycles. The van der Waals surface area contributed by atoms with Crippen LogP contribution in [0, 0.1) is 5.92 Å². The van der Waals surface area contributed by atoms with Crippen molar-refractivity contribution >= 4 is 5.97 Å². The van der Waals surface area contributed by atoms with Crippen molar-refractivity contribution < 1.29 is 15.0 Å². The number of carbonyl (C=O) groups is 1. The average Bonchev–Trinajstić information content (AvgIpc) is 3.26. The summed E-state index contributed by atoms with van der Waals surface area (Å²) < 4.78 is 0. The number of carboxylic acids is 1. The quantitative estimate of drug-likeness (QED) is 0.0473. The number of hydrogen-bond donors (Lipinski definition) is 2. The second-order valence-electron chi connectivity index (χ2n) is 20.0. The fourth-order valence-electron chi connectivity index (χ4n) is 9.55. The lowest BCUT2D eigenvalue weighted by molar-refractivity contribution is -0.146. The molecule has 3 nitrogen and oxygen atoms in total. The van der Waals surface area contributed by atoms with Crippen molar-refractivity contribution in [2.75, 3.05) is 0 Å². The van der Waals surface area contributed by atoms with Crippen LogP contribution >= 0.6 is 0 Å². The molecular formula is C58H114O3. The van der Waals surface area contributed by atoms with Crippen molar-refractivity contribution in [1.29, 1.82) is 0 Å². The third-order valence-corrected chi connectivity index (χ3v) is 13.9. The van der Waals surface area contributed by atoms with Gasteiger partial charge in [-0.3, -0.25) is 4.79 Å². The number of hydrogen-bond acceptors (Lipinski definition) is 2. The molecule has 0 aromatic carbocycles. The first-order chi connectivity index (χ1) is 30.1. The smallest absolute Gasteiger partial charge is 0.309 e. The summed E-state index contributed by atoms with van der Waals surface area (Å²) in [5, 5.41) is 20.4. The SMILES string of the molecule is CCCCCCCCCCCCCCCCCCC/C=C\CCCCCCCCCCCCC(O)C(CCCCCCCCCCCCCCCCCCCCCC)C(=O)O. The molecule has 0 aromatic heterocycles. The number of unbranched alkanes of at least 4 members (excludes halogenated alkanes) is 46. The van der Waals surface area contributed by atoms with E-state index in [-0.39, 0.29) is 0 Å². The van der Waals surface area contributed by atoms with E-state index in [9.17, 15) is 15.0 Å². The largest absolute Gasteiger partial charge is 0.481 e. The standard InChI is InChI=1S/C58H114O3/c1-3-5-7-9-11-13-15-17-19-21-23-25-26-27-28-29-30-31-32-33-34-35-37-39-41-43-45-47-49-51-53-55-57(59)56(58(60)61)54-52-50-48-46-44-42-40-38-36-24-22-20-18-16-14-12-10-8-6-4-2/h32-33,56-57,59H,3-31,34-55H2,1-2H3,(H,60,61)/b33-32-. The first-order valence-corrected chi connectivity index (χ1v) is 28.7. The zero-order valence-corrected chi connectivity index (χ0v) is 42.2. The van der Waals surface area contributed by atoms with E-state index in [4.69, 9.17) is 0 Å². The van der Waals surface area contributed by atoms with Crippen molar-refractivity contribution in [3.05, 3.63) is 12.2 Å². The van der Waals surface area contributed by atoms with E-state index < -0.39 is 18.0 Å². The van der Waals surface area contributed by atoms with Gasteiger partial charge in [0.25, 0.3) is 0 Å². The maximum Gasteiger partial charge on any atom is 0.309 e. The molecule has 2 atom stereocenters. The van der Waals surface area contributed by atoms with Gasteiger partial charge in [0.05, 0.1) is 12.0 Å². The van der Waals surface area contributed by atoms with Crippen LogP contribution in [0.1, 0.15) is 341 Å². The predicted octanol–water partition coefficient (Wildman–Crippen LogP) is 20.5. The van der Waals surface area contributed by atoms with Crippen LogP contribution in [-0.4, -0.2) is 22.3 Å². The van der Waals surface area contributed by atoms with E-state index >= 15 is 0 Å². The van der Waals surface area contributed by atoms with Gasteiger partial charge < -0.3 is 10.2 Å². The van der Waals surface area contributed by atoms with Crippen LogP contribution in [0.2, 0.25) is 0 Å². The molecule has 0 bridgehead atoms. The fraction of sp³-hybridized carbons (Fsp3) is 0.948. The molecule has 0 aliphatic carbocycles. The summed E-state index contributed by atoms with van der Waals surface area (Å²) >= 11 is 0. The van der Waals surface area contributed by atoms with E-state index in [1.165, 1.54) is 289 Å². The third kappa shape index (κ3) is 50.0. The highest BCUT2D eigenvalue weighted by molar-refractivity contribution is 5.70. The van der Waals surface area contributed by atoms with Crippen LogP contribution in [0.4, 0.5) is 0 Å². The molecule has 0 fully saturated rings. The van der Waals surface area contributed by atoms with E-state index in [1.54, 1.807) is 0 Å². The van der Waals surface area contributed by atoms with E-state index in [1.807, 2.05) is 0 Å². The van der Waals surface area contributed by atoms with Crippen LogP contribution in [0.3, 0.4) is 0 Å². The Morgan fingerprint density at radius 2 is 0.508 bits per heavy atom. The Morgan fingerprint density at radius 1 is 0.311 bits per heavy atom. The molecule has 3 heteroatoms. The van der Waals surface area contributed by atoms with Gasteiger partial charge in [-0.2, -0.15) is 0 Å². The molecule has 0 saturated heterocycles. The Morgan fingerprint density at radius 3 is 0.738 bits per heavy atom. The summed E-state index contributed by atoms with van der Waals surface area (Å²) in [7, 11) is 0. The monoisotopic (exact) mass is 859 g/mol. The number of aliphatic hydroxyl groups is 1. The van der Waals surface area contributed by atoms with Gasteiger partial charge in [0, 0.05) is 0 Å². The first-order valence-electron chi connectivity index (χ1n) is 28.7. The number of aliphatic hydroxyl groups excluding tert-OH is 1. The summed E-state index contributed by atoms with van der Waals surface area (Å²) in [5.74, 6) is -1.39. The van der Waals surface area contributed by atoms with Gasteiger partial charge in [0.15, 0.2) is 0 Å². The van der Waals surface area contributed by atoms with Crippen LogP contribution in [0.5, 0.6) is 0 Å². The average molecular weight is 860 g/mol. The molecule has 61 heavy (non-hydrogen) atoms. The molecule has 2 unspecified atom stereocenters. The second kappa shape index (κ2) is 53.5. The molecule has 0 heterocycles. The second-order valence-corrected chi connectivity index (χ2v) is 20.0. The molecule has 2 N–H and O–H groups in total. The van der Waals surface area contributed by atoms with Crippen molar-refractivity contribution in [2.45, 2.75) is 347 Å². The summed E-state index contributed by atoms with van der Waals surface area (Å²) in [6, 6.07) is 0. The molecule has 0 radical (unpaired) electrons. The van der Waals surface area contributed by atoms with Crippen molar-refractivity contribution in [3.63, 3.8) is 0 Å². The molecule has 0 saturated carbocycles. The Kier molecular flexibility index (Phi) is 52.8. The third-order valence-electron chi connectivity index (χ3n) is 13.9. The Labute approximate surface area is 385 Å². The molecule has 0 amide bonds. The van der Waals surface area contributed by atoms with Crippen LogP contribution in [0.25, 0.3) is 0 Å². The Hall–Kier alpha value is -0.830. The maximum absolute atomic E-state index is 11.9. The van der Waals surface area contributed by atoms with Gasteiger partial charge in [-0.1, -0.05) is 315 Å². The molecule has 0 aromatic rings. The molecule has 0 spiro atoms. The van der Waals surface area contributed by atoms with Gasteiger partial charge in [-0.15, -0.1) is 0 Å². The topological polar surface area (TPSA) is 57.5 Å². The minimum absolute atomic E-state index is 0.584. The highest BCUT2D eigenvalue weighted by atomic mass is 16.4. The van der Waals surface area contributed by atoms with E-state index in [0.29, 0.717) is 12.8 Å². The molecule has 0 aliphatic rings. The van der Waals surface area contributed by atoms with Crippen LogP contribution in [0.15, 0.2) is 12.2 Å². The van der Waals surface area contributed by atoms with Gasteiger partial charge >= 0.3 is 5.97 Å². The molecule has 364 valence electrons. The molecular weight excluding hydrogens is 745 g/mol. The zero-order chi connectivity index (χ0) is 44.2. The summed E-state index contributed by atoms with van der Waals surface area (Å²) in [5.41, 5.74) is 0. The normalized spacial score (nSPS) is 12.8. The summed E-state index contributed by atoms with van der Waals surface area (Å²) in [6.07, 6.45) is 72.3. The first kappa shape index (κ1) is 60.2. The van der Waals surface area contributed by atoms with Gasteiger partial charge in [-0.25, -0.2) is 0 Å². The highest BCUT2D eigenvalue weighted by Gasteiger charge is 2.25. The van der Waals surface area contributed by atoms with Crippen LogP contribution < -0.4 is 0 Å². The van der Waals surface area contributed by atoms with Crippen molar-refractivity contribution in [1.82, 2.24) is 0 Å². The number of allylic oxidation sites excluding steroid dienone is 2.